The molecular formula is C27H55N3O2. The topological polar surface area (TPSA) is 84.2 Å². The van der Waals surface area contributed by atoms with Crippen LogP contribution in [0.15, 0.2) is 0 Å². The van der Waals surface area contributed by atoms with Crippen molar-refractivity contribution >= 4 is 12.8 Å². The second-order valence-electron chi connectivity index (χ2n) is 9.80. The Kier molecular flexibility index (Phi) is 22.3. The Bertz CT molecular complexity index is 408. The summed E-state index contributed by atoms with van der Waals surface area (Å²) in [7, 11) is 0. The fourth-order valence-electron chi connectivity index (χ4n) is 4.45. The highest BCUT2D eigenvalue weighted by molar-refractivity contribution is 5.52. The summed E-state index contributed by atoms with van der Waals surface area (Å²) in [5.41, 5.74) is 6.06. The van der Waals surface area contributed by atoms with Crippen molar-refractivity contribution in [1.82, 2.24) is 10.6 Å². The maximum Gasteiger partial charge on any atom is 0.209 e. The summed E-state index contributed by atoms with van der Waals surface area (Å²) in [6, 6.07) is 0. The van der Waals surface area contributed by atoms with E-state index in [-0.39, 0.29) is 5.92 Å². The Morgan fingerprint density at radius 1 is 0.594 bits per heavy atom. The second kappa shape index (κ2) is 23.1. The fraction of sp³-hybridized carbons (Fsp3) is 0.926. The molecule has 0 aliphatic heterocycles. The molecular weight excluding hydrogens is 398 g/mol. The zero-order valence-electron chi connectivity index (χ0n) is 21.5. The van der Waals surface area contributed by atoms with Crippen molar-refractivity contribution in [1.29, 1.82) is 0 Å². The summed E-state index contributed by atoms with van der Waals surface area (Å²) in [6.45, 7) is 4.25. The molecule has 5 nitrogen and oxygen atoms in total. The van der Waals surface area contributed by atoms with E-state index < -0.39 is 5.79 Å². The summed E-state index contributed by atoms with van der Waals surface area (Å²) >= 11 is 0. The van der Waals surface area contributed by atoms with E-state index in [0.29, 0.717) is 12.8 Å². The Labute approximate surface area is 199 Å². The van der Waals surface area contributed by atoms with Crippen LogP contribution in [0.3, 0.4) is 0 Å². The number of amides is 2. The molecule has 0 saturated carbocycles. The molecule has 2 amide bonds. The van der Waals surface area contributed by atoms with E-state index in [4.69, 9.17) is 5.73 Å². The SMILES string of the molecule is CCCCCCCCCCCCCCCCCCCCCCC(C)C(N)(NC=O)NC=O. The second-order valence-corrected chi connectivity index (χ2v) is 9.80. The van der Waals surface area contributed by atoms with E-state index >= 15 is 0 Å². The van der Waals surface area contributed by atoms with Gasteiger partial charge in [0.2, 0.25) is 12.8 Å². The quantitative estimate of drug-likeness (QED) is 0.0753. The van der Waals surface area contributed by atoms with Crippen LogP contribution in [0.2, 0.25) is 0 Å². The molecule has 0 radical (unpaired) electrons. The lowest BCUT2D eigenvalue weighted by Crippen LogP contribution is -2.67. The lowest BCUT2D eigenvalue weighted by atomic mass is 9.95. The van der Waals surface area contributed by atoms with Crippen LogP contribution < -0.4 is 16.4 Å². The highest BCUT2D eigenvalue weighted by atomic mass is 16.1. The zero-order chi connectivity index (χ0) is 23.8. The molecule has 1 unspecified atom stereocenters. The van der Waals surface area contributed by atoms with Crippen LogP contribution in [-0.4, -0.2) is 18.6 Å². The number of rotatable bonds is 26. The van der Waals surface area contributed by atoms with Crippen molar-refractivity contribution in [2.45, 2.75) is 154 Å². The van der Waals surface area contributed by atoms with Crippen molar-refractivity contribution in [3.63, 3.8) is 0 Å². The molecule has 0 saturated heterocycles. The van der Waals surface area contributed by atoms with E-state index in [1.807, 2.05) is 6.92 Å². The van der Waals surface area contributed by atoms with Crippen LogP contribution >= 0.6 is 0 Å². The zero-order valence-corrected chi connectivity index (χ0v) is 21.5. The highest BCUT2D eigenvalue weighted by Gasteiger charge is 2.30. The van der Waals surface area contributed by atoms with E-state index in [2.05, 4.69) is 17.6 Å². The van der Waals surface area contributed by atoms with Crippen LogP contribution in [0.1, 0.15) is 149 Å². The third kappa shape index (κ3) is 18.5. The number of hydrogen-bond acceptors (Lipinski definition) is 3. The first-order valence-corrected chi connectivity index (χ1v) is 13.8. The van der Waals surface area contributed by atoms with Gasteiger partial charge in [0, 0.05) is 5.92 Å². The van der Waals surface area contributed by atoms with Gasteiger partial charge in [0.25, 0.3) is 0 Å². The van der Waals surface area contributed by atoms with Gasteiger partial charge < -0.3 is 10.6 Å². The van der Waals surface area contributed by atoms with Crippen molar-refractivity contribution in [2.24, 2.45) is 11.7 Å². The van der Waals surface area contributed by atoms with Crippen LogP contribution in [0.25, 0.3) is 0 Å². The van der Waals surface area contributed by atoms with Gasteiger partial charge in [0.15, 0.2) is 5.79 Å². The van der Waals surface area contributed by atoms with Crippen molar-refractivity contribution in [3.8, 4) is 0 Å². The minimum Gasteiger partial charge on any atom is -0.324 e. The van der Waals surface area contributed by atoms with Gasteiger partial charge in [-0.25, -0.2) is 0 Å². The maximum absolute atomic E-state index is 10.7. The molecule has 0 heterocycles. The monoisotopic (exact) mass is 453 g/mol. The van der Waals surface area contributed by atoms with E-state index in [1.54, 1.807) is 0 Å². The summed E-state index contributed by atoms with van der Waals surface area (Å²) in [4.78, 5) is 21.4. The van der Waals surface area contributed by atoms with Crippen LogP contribution in [0, 0.1) is 5.92 Å². The van der Waals surface area contributed by atoms with Gasteiger partial charge in [-0.05, 0) is 6.42 Å². The highest BCUT2D eigenvalue weighted by Crippen LogP contribution is 2.18. The average molecular weight is 454 g/mol. The normalized spacial score (nSPS) is 12.5. The van der Waals surface area contributed by atoms with Gasteiger partial charge in [-0.3, -0.25) is 15.3 Å². The summed E-state index contributed by atoms with van der Waals surface area (Å²) in [5, 5.41) is 5.05. The predicted octanol–water partition coefficient (Wildman–Crippen LogP) is 6.94. The summed E-state index contributed by atoms with van der Waals surface area (Å²) in [5.74, 6) is -1.15. The first kappa shape index (κ1) is 30.9. The van der Waals surface area contributed by atoms with E-state index in [1.165, 1.54) is 122 Å². The number of nitrogens with one attached hydrogen (secondary N) is 2. The lowest BCUT2D eigenvalue weighted by molar-refractivity contribution is -0.115. The summed E-state index contributed by atoms with van der Waals surface area (Å²) in [6.07, 6.45) is 29.4. The smallest absolute Gasteiger partial charge is 0.209 e. The van der Waals surface area contributed by atoms with Gasteiger partial charge in [-0.15, -0.1) is 0 Å². The average Bonchev–Trinajstić information content (AvgIpc) is 2.78. The minimum atomic E-state index is -1.14. The van der Waals surface area contributed by atoms with Crippen LogP contribution in [0.4, 0.5) is 0 Å². The molecule has 32 heavy (non-hydrogen) atoms. The molecule has 190 valence electrons. The fourth-order valence-corrected chi connectivity index (χ4v) is 4.45. The largest absolute Gasteiger partial charge is 0.324 e. The number of carbonyl (C=O) groups is 2. The molecule has 0 bridgehead atoms. The molecule has 1 atom stereocenters. The first-order valence-electron chi connectivity index (χ1n) is 13.8. The lowest BCUT2D eigenvalue weighted by Gasteiger charge is -2.34. The van der Waals surface area contributed by atoms with Gasteiger partial charge in [0.1, 0.15) is 0 Å². The van der Waals surface area contributed by atoms with Gasteiger partial charge in [-0.2, -0.15) is 0 Å². The Balaban J connectivity index is 3.33. The van der Waals surface area contributed by atoms with E-state index in [0.717, 1.165) is 12.8 Å². The van der Waals surface area contributed by atoms with E-state index in [9.17, 15) is 9.59 Å². The van der Waals surface area contributed by atoms with Gasteiger partial charge >= 0.3 is 0 Å². The third-order valence-electron chi connectivity index (χ3n) is 6.86. The number of unbranched alkanes of at least 4 members (excludes halogenated alkanes) is 19. The standard InChI is InChI=1S/C27H55N3O2/c1-3-4-5-6-7-8-9-10-11-12-13-14-15-16-17-18-19-20-21-22-23-26(2)27(28,29-24-31)30-25-32/h24-26H,3-23,28H2,1-2H3,(H,29,31)(H,30,32). The molecule has 0 aliphatic rings. The number of hydrogen-bond donors (Lipinski definition) is 3. The third-order valence-corrected chi connectivity index (χ3v) is 6.86. The van der Waals surface area contributed by atoms with Crippen LogP contribution in [-0.2, 0) is 9.59 Å². The maximum atomic E-state index is 10.7. The number of nitrogens with two attached hydrogens (primary N) is 1. The molecule has 5 heteroatoms. The molecule has 0 rings (SSSR count). The summed E-state index contributed by atoms with van der Waals surface area (Å²) < 4.78 is 0. The van der Waals surface area contributed by atoms with Gasteiger partial charge in [-0.1, -0.05) is 142 Å². The Morgan fingerprint density at radius 2 is 0.875 bits per heavy atom. The molecule has 0 aliphatic carbocycles. The molecule has 4 N–H and O–H groups in total. The Morgan fingerprint density at radius 3 is 1.16 bits per heavy atom. The van der Waals surface area contributed by atoms with Crippen molar-refractivity contribution < 1.29 is 9.59 Å². The number of carbonyl (C=O) groups excluding carboxylic acids is 2. The molecule has 0 spiro atoms. The van der Waals surface area contributed by atoms with Crippen molar-refractivity contribution in [2.75, 3.05) is 0 Å². The molecule has 0 aromatic carbocycles. The van der Waals surface area contributed by atoms with Gasteiger partial charge in [0.05, 0.1) is 0 Å². The first-order chi connectivity index (χ1) is 15.6. The van der Waals surface area contributed by atoms with Crippen LogP contribution in [0.5, 0.6) is 0 Å². The molecule has 0 fully saturated rings. The minimum absolute atomic E-state index is 0.00607. The molecule has 0 aromatic heterocycles. The predicted molar refractivity (Wildman–Crippen MR) is 137 cm³/mol. The Hall–Kier alpha value is -1.10. The van der Waals surface area contributed by atoms with Crippen molar-refractivity contribution in [3.05, 3.63) is 0 Å². The molecule has 0 aromatic rings.